The zero-order valence-electron chi connectivity index (χ0n) is 11.1. The highest BCUT2D eigenvalue weighted by Gasteiger charge is 2.55. The van der Waals surface area contributed by atoms with E-state index in [1.54, 1.807) is 0 Å². The molecule has 1 aromatic carbocycles. The number of thioether (sulfide) groups is 1. The minimum atomic E-state index is -0.920. The normalized spacial score (nSPS) is 27.0. The van der Waals surface area contributed by atoms with Gasteiger partial charge in [0, 0.05) is 6.54 Å². The van der Waals surface area contributed by atoms with E-state index in [1.165, 1.54) is 16.7 Å². The molecule has 7 heteroatoms. The number of aliphatic carboxylic acids is 1. The second kappa shape index (κ2) is 5.40. The van der Waals surface area contributed by atoms with Gasteiger partial charge in [-0.2, -0.15) is 0 Å². The van der Waals surface area contributed by atoms with E-state index < -0.39 is 17.3 Å². The molecule has 2 fully saturated rings. The Morgan fingerprint density at radius 1 is 1.33 bits per heavy atom. The average Bonchev–Trinajstić information content (AvgIpc) is 2.87. The van der Waals surface area contributed by atoms with Crippen LogP contribution in [0.15, 0.2) is 30.3 Å². The Morgan fingerprint density at radius 2 is 2.05 bits per heavy atom. The lowest BCUT2D eigenvalue weighted by atomic mass is 10.1. The van der Waals surface area contributed by atoms with Gasteiger partial charge in [0.1, 0.15) is 16.7 Å². The first-order valence-corrected chi connectivity index (χ1v) is 7.52. The topological polar surface area (TPSA) is 86.7 Å². The Bertz CT molecular complexity index is 592. The summed E-state index contributed by atoms with van der Waals surface area (Å²) in [4.78, 5) is 36.3. The molecule has 3 atom stereocenters. The van der Waals surface area contributed by atoms with Crippen LogP contribution in [0.4, 0.5) is 0 Å². The van der Waals surface area contributed by atoms with Crippen molar-refractivity contribution in [3.8, 4) is 0 Å². The molecule has 0 spiro atoms. The fourth-order valence-corrected chi connectivity index (χ4v) is 3.91. The van der Waals surface area contributed by atoms with Crippen LogP contribution in [0.25, 0.3) is 0 Å². The zero-order valence-corrected chi connectivity index (χ0v) is 11.9. The average molecular weight is 306 g/mol. The molecule has 21 heavy (non-hydrogen) atoms. The van der Waals surface area contributed by atoms with Crippen LogP contribution in [-0.2, 0) is 20.8 Å². The summed E-state index contributed by atoms with van der Waals surface area (Å²) in [6.07, 6.45) is 0.213. The molecular formula is C14H14N2O4S. The molecule has 6 nitrogen and oxygen atoms in total. The number of nitrogens with zero attached hydrogens (tertiary/aromatic N) is 1. The minimum absolute atomic E-state index is 0.197. The summed E-state index contributed by atoms with van der Waals surface area (Å²) < 4.78 is 0. The molecule has 0 radical (unpaired) electrons. The Balaban J connectivity index is 1.58. The Kier molecular flexibility index (Phi) is 3.59. The maximum Gasteiger partial charge on any atom is 0.318 e. The second-order valence-corrected chi connectivity index (χ2v) is 6.38. The van der Waals surface area contributed by atoms with Crippen molar-refractivity contribution < 1.29 is 19.5 Å². The number of carboxylic acid groups (broad SMARTS) is 1. The number of hydrogen-bond acceptors (Lipinski definition) is 4. The number of rotatable bonds is 4. The molecule has 110 valence electrons. The van der Waals surface area contributed by atoms with E-state index >= 15 is 0 Å². The third-order valence-corrected chi connectivity index (χ3v) is 5.09. The Labute approximate surface area is 125 Å². The molecule has 2 N–H and O–H groups in total. The number of carbonyl (C=O) groups is 3. The fourth-order valence-electron chi connectivity index (χ4n) is 2.53. The molecule has 0 bridgehead atoms. The highest BCUT2D eigenvalue weighted by molar-refractivity contribution is 8.01. The quantitative estimate of drug-likeness (QED) is 0.770. The number of hydrogen-bond donors (Lipinski definition) is 2. The lowest BCUT2D eigenvalue weighted by Gasteiger charge is -2.41. The number of fused-ring (bicyclic) bond motifs is 1. The number of nitrogens with one attached hydrogen (secondary N) is 1. The molecular weight excluding hydrogens is 292 g/mol. The molecule has 1 aromatic rings. The first-order chi connectivity index (χ1) is 10.1. The van der Waals surface area contributed by atoms with Crippen LogP contribution < -0.4 is 5.32 Å². The van der Waals surface area contributed by atoms with Crippen molar-refractivity contribution in [2.24, 2.45) is 0 Å². The number of β-lactam (4-membered cyclic amide) rings is 1. The van der Waals surface area contributed by atoms with Crippen molar-refractivity contribution in [2.75, 3.05) is 6.54 Å². The van der Waals surface area contributed by atoms with Crippen molar-refractivity contribution in [2.45, 2.75) is 23.1 Å². The van der Waals surface area contributed by atoms with E-state index in [9.17, 15) is 14.4 Å². The van der Waals surface area contributed by atoms with Gasteiger partial charge in [-0.3, -0.25) is 14.4 Å². The molecule has 2 aliphatic rings. The molecule has 2 heterocycles. The maximum atomic E-state index is 12.0. The second-order valence-electron chi connectivity index (χ2n) is 5.05. The lowest BCUT2D eigenvalue weighted by Crippen LogP contribution is -2.67. The summed E-state index contributed by atoms with van der Waals surface area (Å²) >= 11 is 1.22. The Morgan fingerprint density at radius 3 is 2.71 bits per heavy atom. The highest BCUT2D eigenvalue weighted by Crippen LogP contribution is 2.40. The van der Waals surface area contributed by atoms with E-state index in [-0.39, 0.29) is 30.2 Å². The van der Waals surface area contributed by atoms with Crippen molar-refractivity contribution in [1.29, 1.82) is 0 Å². The van der Waals surface area contributed by atoms with Gasteiger partial charge in [0.25, 0.3) is 0 Å². The van der Waals surface area contributed by atoms with Crippen LogP contribution in [0.3, 0.4) is 0 Å². The summed E-state index contributed by atoms with van der Waals surface area (Å²) in [5.74, 6) is -1.34. The van der Waals surface area contributed by atoms with Crippen LogP contribution in [0.2, 0.25) is 0 Å². The molecule has 3 unspecified atom stereocenters. The maximum absolute atomic E-state index is 12.0. The van der Waals surface area contributed by atoms with Gasteiger partial charge in [-0.15, -0.1) is 11.8 Å². The fraction of sp³-hybridized carbons (Fsp3) is 0.357. The zero-order chi connectivity index (χ0) is 15.0. The summed E-state index contributed by atoms with van der Waals surface area (Å²) in [7, 11) is 0. The third-order valence-electron chi connectivity index (χ3n) is 3.61. The number of carboxylic acids is 1. The summed E-state index contributed by atoms with van der Waals surface area (Å²) in [5.41, 5.74) is 0.876. The summed E-state index contributed by atoms with van der Waals surface area (Å²) in [6.45, 7) is 0.217. The van der Waals surface area contributed by atoms with Crippen molar-refractivity contribution in [3.63, 3.8) is 0 Å². The van der Waals surface area contributed by atoms with E-state index in [1.807, 2.05) is 30.3 Å². The summed E-state index contributed by atoms with van der Waals surface area (Å²) in [5, 5.41) is 10.8. The minimum Gasteiger partial charge on any atom is -0.480 e. The number of benzene rings is 1. The molecule has 0 aromatic heterocycles. The lowest BCUT2D eigenvalue weighted by molar-refractivity contribution is -0.148. The largest absolute Gasteiger partial charge is 0.480 e. The van der Waals surface area contributed by atoms with Crippen molar-refractivity contribution in [1.82, 2.24) is 10.2 Å². The van der Waals surface area contributed by atoms with Crippen LogP contribution in [0.1, 0.15) is 5.56 Å². The van der Waals surface area contributed by atoms with Crippen LogP contribution >= 0.6 is 11.8 Å². The van der Waals surface area contributed by atoms with Crippen molar-refractivity contribution >= 4 is 29.5 Å². The monoisotopic (exact) mass is 306 g/mol. The van der Waals surface area contributed by atoms with Crippen LogP contribution in [-0.4, -0.2) is 51.0 Å². The van der Waals surface area contributed by atoms with Gasteiger partial charge in [0.15, 0.2) is 0 Å². The molecule has 2 amide bonds. The third kappa shape index (κ3) is 2.61. The standard InChI is InChI=1S/C14H14N2O4S/c17-10(6-8-4-2-1-3-5-8)15-11-12(18)16-7-9(14(19)20)21-13(11)16/h1-5,9,11,13H,6-7H2,(H,15,17)(H,19,20). The van der Waals surface area contributed by atoms with E-state index in [4.69, 9.17) is 5.11 Å². The SMILES string of the molecule is O=C(Cc1ccccc1)NC1C(=O)N2CC(C(=O)O)SC12. The van der Waals surface area contributed by atoms with Crippen molar-refractivity contribution in [3.05, 3.63) is 35.9 Å². The molecule has 3 rings (SSSR count). The van der Waals surface area contributed by atoms with Gasteiger partial charge in [0.05, 0.1) is 6.42 Å². The highest BCUT2D eigenvalue weighted by atomic mass is 32.2. The van der Waals surface area contributed by atoms with E-state index in [2.05, 4.69) is 5.32 Å². The van der Waals surface area contributed by atoms with Gasteiger partial charge in [-0.25, -0.2) is 0 Å². The molecule has 2 saturated heterocycles. The van der Waals surface area contributed by atoms with Crippen LogP contribution in [0.5, 0.6) is 0 Å². The Hall–Kier alpha value is -2.02. The number of carbonyl (C=O) groups excluding carboxylic acids is 2. The van der Waals surface area contributed by atoms with Gasteiger partial charge in [-0.1, -0.05) is 30.3 Å². The van der Waals surface area contributed by atoms with Crippen LogP contribution in [0, 0.1) is 0 Å². The molecule has 0 aliphatic carbocycles. The van der Waals surface area contributed by atoms with Gasteiger partial charge < -0.3 is 15.3 Å². The number of amides is 2. The van der Waals surface area contributed by atoms with Gasteiger partial charge in [-0.05, 0) is 5.56 Å². The summed E-state index contributed by atoms with van der Waals surface area (Å²) in [6, 6.07) is 8.66. The smallest absolute Gasteiger partial charge is 0.318 e. The first kappa shape index (κ1) is 13.9. The first-order valence-electron chi connectivity index (χ1n) is 6.58. The van der Waals surface area contributed by atoms with Gasteiger partial charge in [0.2, 0.25) is 11.8 Å². The predicted molar refractivity (Wildman–Crippen MR) is 76.6 cm³/mol. The van der Waals surface area contributed by atoms with Gasteiger partial charge >= 0.3 is 5.97 Å². The van der Waals surface area contributed by atoms with E-state index in [0.717, 1.165) is 5.56 Å². The molecule has 2 aliphatic heterocycles. The van der Waals surface area contributed by atoms with E-state index in [0.29, 0.717) is 0 Å². The predicted octanol–water partition coefficient (Wildman–Crippen LogP) is 0.0822. The molecule has 0 saturated carbocycles.